The van der Waals surface area contributed by atoms with Crippen molar-refractivity contribution < 1.29 is 4.79 Å². The van der Waals surface area contributed by atoms with Gasteiger partial charge >= 0.3 is 0 Å². The molecule has 0 spiro atoms. The maximum Gasteiger partial charge on any atom is 0.175 e. The van der Waals surface area contributed by atoms with E-state index in [1.165, 1.54) is 18.5 Å². The van der Waals surface area contributed by atoms with Gasteiger partial charge in [-0.05, 0) is 18.5 Å². The molecule has 0 aliphatic carbocycles. The Balaban J connectivity index is 3.09. The van der Waals surface area contributed by atoms with Crippen LogP contribution in [0.4, 0.5) is 0 Å². The molecule has 0 N–H and O–H groups in total. The van der Waals surface area contributed by atoms with Crippen LogP contribution in [0.5, 0.6) is 0 Å². The molecule has 1 saturated heterocycles. The number of hydrogen-bond acceptors (Lipinski definition) is 3. The van der Waals surface area contributed by atoms with E-state index in [2.05, 4.69) is 30.5 Å². The minimum atomic E-state index is -1.42. The first kappa shape index (κ1) is 14.6. The Labute approximate surface area is 107 Å². The maximum absolute atomic E-state index is 11.5. The molecular formula is C12H26N2OSi2. The van der Waals surface area contributed by atoms with Crippen LogP contribution < -0.4 is 0 Å². The molecule has 0 atom stereocenters. The molecule has 0 aromatic rings. The van der Waals surface area contributed by atoms with E-state index in [1.807, 2.05) is 6.92 Å². The monoisotopic (exact) mass is 270 g/mol. The van der Waals surface area contributed by atoms with Crippen molar-refractivity contribution in [1.82, 2.24) is 4.34 Å². The number of ketones is 1. The zero-order valence-electron chi connectivity index (χ0n) is 12.1. The molecule has 0 saturated carbocycles. The van der Waals surface area contributed by atoms with Crippen LogP contribution in [0, 0.1) is 0 Å². The van der Waals surface area contributed by atoms with Gasteiger partial charge in [-0.3, -0.25) is 4.79 Å². The molecule has 1 fully saturated rings. The SMILES string of the molecule is CCC(=NN1[Si](C)(C)CCC[Si]1(C)C)C(C)=O. The van der Waals surface area contributed by atoms with Crippen LogP contribution >= 0.6 is 0 Å². The molecule has 0 bridgehead atoms. The second-order valence-electron chi connectivity index (χ2n) is 6.25. The first-order chi connectivity index (χ1) is 7.70. The quantitative estimate of drug-likeness (QED) is 0.581. The van der Waals surface area contributed by atoms with Crippen molar-refractivity contribution in [2.24, 2.45) is 5.10 Å². The summed E-state index contributed by atoms with van der Waals surface area (Å²) in [6.45, 7) is 13.2. The van der Waals surface area contributed by atoms with Gasteiger partial charge < -0.3 is 4.34 Å². The highest BCUT2D eigenvalue weighted by Gasteiger charge is 2.44. The fourth-order valence-electron chi connectivity index (χ4n) is 2.77. The van der Waals surface area contributed by atoms with Crippen molar-refractivity contribution in [2.75, 3.05) is 0 Å². The summed E-state index contributed by atoms with van der Waals surface area (Å²) in [4.78, 5) is 11.5. The van der Waals surface area contributed by atoms with E-state index in [1.54, 1.807) is 6.92 Å². The van der Waals surface area contributed by atoms with Crippen LogP contribution in [-0.2, 0) is 4.79 Å². The van der Waals surface area contributed by atoms with Crippen LogP contribution in [0.25, 0.3) is 0 Å². The summed E-state index contributed by atoms with van der Waals surface area (Å²) in [7, 11) is -2.85. The number of nitrogens with zero attached hydrogens (tertiary/aromatic N) is 2. The standard InChI is InChI=1S/C12H26N2OSi2/c1-7-12(11(2)15)13-14-16(3,4)9-8-10-17(14,5)6/h7-10H2,1-6H3. The van der Waals surface area contributed by atoms with Gasteiger partial charge in [0.2, 0.25) is 0 Å². The summed E-state index contributed by atoms with van der Waals surface area (Å²) >= 11 is 0. The molecule has 3 nitrogen and oxygen atoms in total. The zero-order valence-corrected chi connectivity index (χ0v) is 14.1. The predicted molar refractivity (Wildman–Crippen MR) is 79.4 cm³/mol. The largest absolute Gasteiger partial charge is 0.349 e. The molecule has 17 heavy (non-hydrogen) atoms. The molecule has 1 aliphatic rings. The first-order valence-electron chi connectivity index (χ1n) is 6.59. The Bertz CT molecular complexity index is 321. The van der Waals surface area contributed by atoms with Crippen molar-refractivity contribution in [3.8, 4) is 0 Å². The minimum absolute atomic E-state index is 0.132. The Hall–Kier alpha value is -0.426. The van der Waals surface area contributed by atoms with E-state index in [-0.39, 0.29) is 5.78 Å². The third-order valence-corrected chi connectivity index (χ3v) is 13.0. The highest BCUT2D eigenvalue weighted by Crippen LogP contribution is 2.35. The number of carbonyl (C=O) groups excluding carboxylic acids is 1. The highest BCUT2D eigenvalue weighted by atomic mass is 28.4. The van der Waals surface area contributed by atoms with Gasteiger partial charge in [-0.15, -0.1) is 0 Å². The normalized spacial score (nSPS) is 23.6. The smallest absolute Gasteiger partial charge is 0.175 e. The molecule has 5 heteroatoms. The lowest BCUT2D eigenvalue weighted by Crippen LogP contribution is -2.62. The number of rotatable bonds is 3. The lowest BCUT2D eigenvalue weighted by atomic mass is 10.2. The summed E-state index contributed by atoms with van der Waals surface area (Å²) in [5, 5.41) is 4.78. The molecular weight excluding hydrogens is 244 g/mol. The van der Waals surface area contributed by atoms with Gasteiger partial charge in [0.25, 0.3) is 0 Å². The Morgan fingerprint density at radius 2 is 1.65 bits per heavy atom. The Morgan fingerprint density at radius 3 is 2.00 bits per heavy atom. The van der Waals surface area contributed by atoms with E-state index < -0.39 is 16.5 Å². The average Bonchev–Trinajstić information content (AvgIpc) is 2.15. The predicted octanol–water partition coefficient (Wildman–Crippen LogP) is 3.46. The minimum Gasteiger partial charge on any atom is -0.349 e. The van der Waals surface area contributed by atoms with E-state index in [4.69, 9.17) is 5.10 Å². The Kier molecular flexibility index (Phi) is 4.35. The molecule has 0 radical (unpaired) electrons. The molecule has 0 unspecified atom stereocenters. The molecule has 0 aromatic heterocycles. The lowest BCUT2D eigenvalue weighted by Gasteiger charge is -2.49. The molecule has 98 valence electrons. The third-order valence-electron chi connectivity index (χ3n) is 3.69. The van der Waals surface area contributed by atoms with Gasteiger partial charge in [0, 0.05) is 6.92 Å². The van der Waals surface area contributed by atoms with E-state index in [9.17, 15) is 4.79 Å². The van der Waals surface area contributed by atoms with Gasteiger partial charge in [-0.2, -0.15) is 5.10 Å². The highest BCUT2D eigenvalue weighted by molar-refractivity contribution is 6.91. The van der Waals surface area contributed by atoms with Crippen molar-refractivity contribution >= 4 is 28.0 Å². The summed E-state index contributed by atoms with van der Waals surface area (Å²) in [6.07, 6.45) is 2.10. The number of Topliss-reactive ketones (excluding diaryl/α,β-unsaturated/α-hetero) is 1. The summed E-state index contributed by atoms with van der Waals surface area (Å²) in [5.41, 5.74) is 0.757. The summed E-state index contributed by atoms with van der Waals surface area (Å²) in [5.74, 6) is 0.132. The fraction of sp³-hybridized carbons (Fsp3) is 0.833. The van der Waals surface area contributed by atoms with Gasteiger partial charge in [0.05, 0.1) is 0 Å². The van der Waals surface area contributed by atoms with Crippen LogP contribution in [-0.4, -0.2) is 32.3 Å². The van der Waals surface area contributed by atoms with E-state index >= 15 is 0 Å². The van der Waals surface area contributed by atoms with Gasteiger partial charge in [-0.25, -0.2) is 0 Å². The number of hydrogen-bond donors (Lipinski definition) is 0. The van der Waals surface area contributed by atoms with E-state index in [0.29, 0.717) is 0 Å². The lowest BCUT2D eigenvalue weighted by molar-refractivity contribution is -0.111. The molecule has 1 heterocycles. The zero-order chi connectivity index (χ0) is 13.3. The third kappa shape index (κ3) is 3.28. The molecule has 1 aliphatic heterocycles. The second kappa shape index (κ2) is 5.06. The average molecular weight is 271 g/mol. The Morgan fingerprint density at radius 1 is 1.18 bits per heavy atom. The second-order valence-corrected chi connectivity index (χ2v) is 15.8. The van der Waals surface area contributed by atoms with Gasteiger partial charge in [-0.1, -0.05) is 39.5 Å². The topological polar surface area (TPSA) is 32.7 Å². The van der Waals surface area contributed by atoms with Crippen LogP contribution in [0.15, 0.2) is 5.10 Å². The molecule has 0 aromatic carbocycles. The van der Waals surface area contributed by atoms with Gasteiger partial charge in [0.1, 0.15) is 5.71 Å². The van der Waals surface area contributed by atoms with Crippen LogP contribution in [0.3, 0.4) is 0 Å². The van der Waals surface area contributed by atoms with Crippen molar-refractivity contribution in [3.05, 3.63) is 0 Å². The van der Waals surface area contributed by atoms with Crippen molar-refractivity contribution in [2.45, 2.75) is 65.0 Å². The van der Waals surface area contributed by atoms with Gasteiger partial charge in [0.15, 0.2) is 22.3 Å². The van der Waals surface area contributed by atoms with Crippen LogP contribution in [0.1, 0.15) is 26.7 Å². The fourth-order valence-corrected chi connectivity index (χ4v) is 13.6. The van der Waals surface area contributed by atoms with Crippen molar-refractivity contribution in [1.29, 1.82) is 0 Å². The maximum atomic E-state index is 11.5. The molecule has 0 amide bonds. The first-order valence-corrected chi connectivity index (χ1v) is 12.9. The summed E-state index contributed by atoms with van der Waals surface area (Å²) in [6, 6.07) is 2.61. The van der Waals surface area contributed by atoms with Crippen LogP contribution in [0.2, 0.25) is 38.3 Å². The number of hydrazone groups is 1. The summed E-state index contributed by atoms with van der Waals surface area (Å²) < 4.78 is 2.43. The number of carbonyl (C=O) groups is 1. The molecule has 1 rings (SSSR count). The van der Waals surface area contributed by atoms with Crippen molar-refractivity contribution in [3.63, 3.8) is 0 Å². The van der Waals surface area contributed by atoms with E-state index in [0.717, 1.165) is 12.1 Å².